The van der Waals surface area contributed by atoms with Crippen molar-refractivity contribution in [1.82, 2.24) is 14.5 Å². The van der Waals surface area contributed by atoms with Gasteiger partial charge in [0.1, 0.15) is 12.2 Å². The summed E-state index contributed by atoms with van der Waals surface area (Å²) in [5, 5.41) is 0. The molecule has 0 aliphatic heterocycles. The molecular weight excluding hydrogens is 345 g/mol. The summed E-state index contributed by atoms with van der Waals surface area (Å²) in [5.74, 6) is 0. The standard InChI is InChI=1S/C11H15IN3OSi/c1-17(2)6-5-16-8-15-7-14-10-9(12)3-4-13-11(10)15/h3-4,7H,5-6,8H2,1-2H3. The van der Waals surface area contributed by atoms with E-state index in [0.717, 1.165) is 21.3 Å². The highest BCUT2D eigenvalue weighted by atomic mass is 127. The van der Waals surface area contributed by atoms with Gasteiger partial charge in [-0.2, -0.15) is 0 Å². The largest absolute Gasteiger partial charge is 0.361 e. The monoisotopic (exact) mass is 360 g/mol. The molecule has 4 nitrogen and oxygen atoms in total. The molecule has 0 aliphatic carbocycles. The zero-order valence-electron chi connectivity index (χ0n) is 9.98. The summed E-state index contributed by atoms with van der Waals surface area (Å²) in [4.78, 5) is 8.69. The molecule has 0 bridgehead atoms. The van der Waals surface area contributed by atoms with E-state index in [1.165, 1.54) is 6.04 Å². The molecule has 2 aromatic rings. The summed E-state index contributed by atoms with van der Waals surface area (Å²) in [7, 11) is -0.191. The van der Waals surface area contributed by atoms with E-state index < -0.39 is 0 Å². The third-order valence-electron chi connectivity index (χ3n) is 2.43. The number of ether oxygens (including phenoxy) is 1. The van der Waals surface area contributed by atoms with Crippen LogP contribution < -0.4 is 0 Å². The van der Waals surface area contributed by atoms with Crippen molar-refractivity contribution in [1.29, 1.82) is 0 Å². The minimum atomic E-state index is -0.191. The Hall–Kier alpha value is -0.473. The number of hydrogen-bond donors (Lipinski definition) is 0. The molecule has 6 heteroatoms. The molecule has 0 saturated carbocycles. The van der Waals surface area contributed by atoms with E-state index in [4.69, 9.17) is 4.74 Å². The summed E-state index contributed by atoms with van der Waals surface area (Å²) in [6, 6.07) is 3.15. The average Bonchev–Trinajstić information content (AvgIpc) is 2.69. The number of hydrogen-bond acceptors (Lipinski definition) is 3. The van der Waals surface area contributed by atoms with Gasteiger partial charge in [-0.15, -0.1) is 0 Å². The van der Waals surface area contributed by atoms with Crippen LogP contribution in [0.3, 0.4) is 0 Å². The van der Waals surface area contributed by atoms with E-state index in [9.17, 15) is 0 Å². The summed E-state index contributed by atoms with van der Waals surface area (Å²) in [6.07, 6.45) is 3.60. The van der Waals surface area contributed by atoms with Crippen LogP contribution in [0, 0.1) is 3.57 Å². The van der Waals surface area contributed by atoms with E-state index in [1.54, 1.807) is 6.33 Å². The van der Waals surface area contributed by atoms with Gasteiger partial charge in [-0.3, -0.25) is 4.57 Å². The molecular formula is C11H15IN3OSi. The number of nitrogens with zero attached hydrogens (tertiary/aromatic N) is 3. The Morgan fingerprint density at radius 3 is 3.00 bits per heavy atom. The van der Waals surface area contributed by atoms with E-state index in [1.807, 2.05) is 16.8 Å². The zero-order valence-corrected chi connectivity index (χ0v) is 13.1. The first-order valence-electron chi connectivity index (χ1n) is 5.50. The van der Waals surface area contributed by atoms with Crippen LogP contribution in [0.15, 0.2) is 18.6 Å². The molecule has 0 fully saturated rings. The van der Waals surface area contributed by atoms with Gasteiger partial charge < -0.3 is 4.74 Å². The van der Waals surface area contributed by atoms with Crippen LogP contribution in [0.5, 0.6) is 0 Å². The van der Waals surface area contributed by atoms with Gasteiger partial charge in [0.05, 0.1) is 6.33 Å². The predicted molar refractivity (Wildman–Crippen MR) is 78.5 cm³/mol. The van der Waals surface area contributed by atoms with E-state index in [-0.39, 0.29) is 8.80 Å². The smallest absolute Gasteiger partial charge is 0.162 e. The van der Waals surface area contributed by atoms with E-state index >= 15 is 0 Å². The number of rotatable bonds is 5. The highest BCUT2D eigenvalue weighted by Crippen LogP contribution is 2.16. The van der Waals surface area contributed by atoms with E-state index in [2.05, 4.69) is 45.7 Å². The minimum absolute atomic E-state index is 0.191. The Balaban J connectivity index is 2.02. The molecule has 0 aromatic carbocycles. The maximum Gasteiger partial charge on any atom is 0.162 e. The fourth-order valence-electron chi connectivity index (χ4n) is 1.47. The van der Waals surface area contributed by atoms with Crippen molar-refractivity contribution in [2.45, 2.75) is 25.9 Å². The lowest BCUT2D eigenvalue weighted by atomic mass is 10.4. The van der Waals surface area contributed by atoms with Crippen LogP contribution in [0.4, 0.5) is 0 Å². The van der Waals surface area contributed by atoms with E-state index in [0.29, 0.717) is 6.73 Å². The van der Waals surface area contributed by atoms with Gasteiger partial charge in [0, 0.05) is 25.2 Å². The van der Waals surface area contributed by atoms with Gasteiger partial charge in [-0.1, -0.05) is 13.1 Å². The Morgan fingerprint density at radius 2 is 2.24 bits per heavy atom. The summed E-state index contributed by atoms with van der Waals surface area (Å²) < 4.78 is 8.72. The van der Waals surface area contributed by atoms with Crippen molar-refractivity contribution in [3.05, 3.63) is 22.2 Å². The number of aromatic nitrogens is 3. The van der Waals surface area contributed by atoms with Gasteiger partial charge in [0.2, 0.25) is 0 Å². The number of halogens is 1. The predicted octanol–water partition coefficient (Wildman–Crippen LogP) is 2.76. The topological polar surface area (TPSA) is 39.9 Å². The molecule has 0 saturated heterocycles. The third kappa shape index (κ3) is 3.26. The van der Waals surface area contributed by atoms with Gasteiger partial charge in [-0.25, -0.2) is 9.97 Å². The quantitative estimate of drug-likeness (QED) is 0.468. The second-order valence-corrected chi connectivity index (χ2v) is 8.25. The Kier molecular flexibility index (Phi) is 4.52. The van der Waals surface area contributed by atoms with Crippen molar-refractivity contribution in [3.8, 4) is 0 Å². The molecule has 0 amide bonds. The van der Waals surface area contributed by atoms with Crippen molar-refractivity contribution in [3.63, 3.8) is 0 Å². The van der Waals surface area contributed by atoms with Crippen LogP contribution in [-0.2, 0) is 11.5 Å². The van der Waals surface area contributed by atoms with Gasteiger partial charge >= 0.3 is 0 Å². The van der Waals surface area contributed by atoms with Crippen molar-refractivity contribution >= 4 is 42.6 Å². The van der Waals surface area contributed by atoms with Crippen molar-refractivity contribution in [2.24, 2.45) is 0 Å². The normalized spacial score (nSPS) is 11.5. The highest BCUT2D eigenvalue weighted by Gasteiger charge is 2.06. The summed E-state index contributed by atoms with van der Waals surface area (Å²) >= 11 is 2.27. The third-order valence-corrected chi connectivity index (χ3v) is 4.51. The lowest BCUT2D eigenvalue weighted by molar-refractivity contribution is 0.0898. The molecule has 2 aromatic heterocycles. The van der Waals surface area contributed by atoms with Crippen molar-refractivity contribution in [2.75, 3.05) is 6.61 Å². The first-order chi connectivity index (χ1) is 8.18. The molecule has 17 heavy (non-hydrogen) atoms. The molecule has 1 radical (unpaired) electrons. The van der Waals surface area contributed by atoms with Gasteiger partial charge in [0.15, 0.2) is 5.65 Å². The lowest BCUT2D eigenvalue weighted by Crippen LogP contribution is -2.08. The van der Waals surface area contributed by atoms with Crippen LogP contribution in [-0.4, -0.2) is 29.9 Å². The summed E-state index contributed by atoms with van der Waals surface area (Å²) in [6.45, 7) is 5.96. The Bertz CT molecular complexity index is 500. The van der Waals surface area contributed by atoms with Crippen molar-refractivity contribution < 1.29 is 4.74 Å². The van der Waals surface area contributed by atoms with Gasteiger partial charge in [-0.05, 0) is 34.7 Å². The van der Waals surface area contributed by atoms with Crippen LogP contribution in [0.1, 0.15) is 0 Å². The number of imidazole rings is 1. The Morgan fingerprint density at radius 1 is 1.41 bits per heavy atom. The minimum Gasteiger partial charge on any atom is -0.361 e. The highest BCUT2D eigenvalue weighted by molar-refractivity contribution is 14.1. The fourth-order valence-corrected chi connectivity index (χ4v) is 2.56. The SMILES string of the molecule is C[Si](C)CCOCn1cnc2c(I)ccnc21. The number of fused-ring (bicyclic) bond motifs is 1. The molecule has 2 rings (SSSR count). The zero-order chi connectivity index (χ0) is 12.3. The molecule has 2 heterocycles. The lowest BCUT2D eigenvalue weighted by Gasteiger charge is -2.06. The summed E-state index contributed by atoms with van der Waals surface area (Å²) in [5.41, 5.74) is 1.85. The second kappa shape index (κ2) is 5.92. The second-order valence-electron chi connectivity index (χ2n) is 4.17. The van der Waals surface area contributed by atoms with Crippen LogP contribution >= 0.6 is 22.6 Å². The maximum atomic E-state index is 5.64. The molecule has 0 aliphatic rings. The van der Waals surface area contributed by atoms with Gasteiger partial charge in [0.25, 0.3) is 0 Å². The Labute approximate surface area is 116 Å². The molecule has 91 valence electrons. The van der Waals surface area contributed by atoms with Crippen LogP contribution in [0.2, 0.25) is 19.1 Å². The first kappa shape index (κ1) is 13.0. The molecule has 0 spiro atoms. The number of pyridine rings is 1. The fraction of sp³-hybridized carbons (Fsp3) is 0.455. The average molecular weight is 360 g/mol. The molecule has 0 unspecified atom stereocenters. The molecule has 0 N–H and O–H groups in total. The van der Waals surface area contributed by atoms with Crippen LogP contribution in [0.25, 0.3) is 11.2 Å². The molecule has 0 atom stereocenters. The maximum absolute atomic E-state index is 5.64. The first-order valence-corrected chi connectivity index (χ1v) is 9.29.